The van der Waals surface area contributed by atoms with Gasteiger partial charge in [0.2, 0.25) is 5.91 Å². The maximum absolute atomic E-state index is 13.4. The quantitative estimate of drug-likeness (QED) is 0.0798. The van der Waals surface area contributed by atoms with Gasteiger partial charge in [-0.3, -0.25) is 19.3 Å². The minimum atomic E-state index is -2.07. The molecule has 0 aromatic heterocycles. The summed E-state index contributed by atoms with van der Waals surface area (Å²) in [4.78, 5) is 41.0. The lowest BCUT2D eigenvalue weighted by atomic mass is 9.98. The molecule has 0 spiro atoms. The van der Waals surface area contributed by atoms with Crippen LogP contribution in [0.5, 0.6) is 0 Å². The number of amides is 3. The van der Waals surface area contributed by atoms with Crippen LogP contribution in [0.15, 0.2) is 13.4 Å². The van der Waals surface area contributed by atoms with Crippen molar-refractivity contribution in [3.8, 4) is 0 Å². The highest BCUT2D eigenvalue weighted by Crippen LogP contribution is 2.47. The number of nitrogens with two attached hydrogens (primary N) is 1. The van der Waals surface area contributed by atoms with Gasteiger partial charge in [-0.1, -0.05) is 0 Å². The Morgan fingerprint density at radius 2 is 1.10 bits per heavy atom. The molecule has 8 unspecified atom stereocenters. The molecule has 2 bridgehead atoms. The van der Waals surface area contributed by atoms with E-state index < -0.39 is 99.4 Å². The van der Waals surface area contributed by atoms with Crippen LogP contribution in [0.3, 0.4) is 0 Å². The molecule has 0 saturated heterocycles. The highest BCUT2D eigenvalue weighted by atomic mass is 79.9. The van der Waals surface area contributed by atoms with E-state index in [1.165, 1.54) is 0 Å². The van der Waals surface area contributed by atoms with E-state index >= 15 is 0 Å². The van der Waals surface area contributed by atoms with E-state index in [0.29, 0.717) is 4.90 Å². The van der Waals surface area contributed by atoms with Gasteiger partial charge in [-0.15, -0.1) is 0 Å². The van der Waals surface area contributed by atoms with Crippen molar-refractivity contribution in [3.05, 3.63) is 24.5 Å². The number of nitrogens with zero attached hydrogens (tertiary/aromatic N) is 2. The summed E-state index contributed by atoms with van der Waals surface area (Å²) >= 11 is 9.56. The second-order valence-electron chi connectivity index (χ2n) is 9.07. The summed E-state index contributed by atoms with van der Waals surface area (Å²) in [7, 11) is 0. The van der Waals surface area contributed by atoms with E-state index in [0.717, 1.165) is 4.90 Å². The summed E-state index contributed by atoms with van der Waals surface area (Å²) in [5, 5.41) is 98.2. The minimum absolute atomic E-state index is 0.0424. The number of rotatable bonds is 14. The molecule has 41 heavy (non-hydrogen) atoms. The Morgan fingerprint density at radius 1 is 0.707 bits per heavy atom. The van der Waals surface area contributed by atoms with Crippen molar-refractivity contribution in [3.63, 3.8) is 0 Å². The first kappa shape index (κ1) is 36.0. The van der Waals surface area contributed by atoms with Crippen LogP contribution in [0, 0.1) is 0 Å². The Morgan fingerprint density at radius 3 is 1.49 bits per heavy atom. The van der Waals surface area contributed by atoms with Crippen LogP contribution in [0.25, 0.3) is 0 Å². The van der Waals surface area contributed by atoms with Crippen LogP contribution in [-0.4, -0.2) is 155 Å². The first-order chi connectivity index (χ1) is 19.1. The molecule has 3 amide bonds. The number of fused-ring (bicyclic) bond motifs is 2. The van der Waals surface area contributed by atoms with Crippen LogP contribution in [0.4, 0.5) is 5.69 Å². The van der Waals surface area contributed by atoms with Crippen molar-refractivity contribution >= 4 is 71.2 Å². The van der Waals surface area contributed by atoms with E-state index in [-0.39, 0.29) is 30.2 Å². The fraction of sp³-hybridized carbons (Fsp3) is 0.591. The number of carbonyl (C=O) groups is 3. The second-order valence-corrected chi connectivity index (χ2v) is 11.4. The molecule has 16 nitrogen and oxygen atoms in total. The van der Waals surface area contributed by atoms with Gasteiger partial charge in [0, 0.05) is 4.47 Å². The lowest BCUT2D eigenvalue weighted by Crippen LogP contribution is -2.53. The van der Waals surface area contributed by atoms with Gasteiger partial charge in [-0.25, -0.2) is 0 Å². The molecular formula is C22H30Br3N3O13. The molecule has 0 aliphatic carbocycles. The molecule has 0 radical (unpaired) electrons. The molecule has 1 aromatic rings. The number of β-amino-alcohol motifs (C(OH)–C–C–N with tert-alkyl or cyclic N) is 1. The average Bonchev–Trinajstić information content (AvgIpc) is 2.95. The number of hydrogen-bond donors (Lipinski definition) is 11. The first-order valence-corrected chi connectivity index (χ1v) is 14.2. The number of aliphatic hydroxyl groups is 10. The standard InChI is InChI=1S/C22H30Br3N3O13/c23-13-11-14(24)16(27(10(35)1-26)2-6(31)17(36)19(38)8(33)4-29)15(25)12(13)22(41)28(21(11)40)3-7(32)18(37)20(39)9(34)5-30/h6-9,17-20,29-34,36-39H,1-5,26H2. The Labute approximate surface area is 257 Å². The smallest absolute Gasteiger partial charge is 0.263 e. The molecule has 1 aliphatic heterocycles. The van der Waals surface area contributed by atoms with Crippen molar-refractivity contribution in [1.29, 1.82) is 0 Å². The zero-order chi connectivity index (χ0) is 31.5. The minimum Gasteiger partial charge on any atom is -0.394 e. The van der Waals surface area contributed by atoms with Gasteiger partial charge >= 0.3 is 0 Å². The van der Waals surface area contributed by atoms with Gasteiger partial charge < -0.3 is 61.7 Å². The third kappa shape index (κ3) is 7.32. The predicted molar refractivity (Wildman–Crippen MR) is 149 cm³/mol. The largest absolute Gasteiger partial charge is 0.394 e. The number of anilines is 1. The van der Waals surface area contributed by atoms with E-state index in [2.05, 4.69) is 47.8 Å². The second kappa shape index (κ2) is 15.0. The number of imide groups is 1. The highest BCUT2D eigenvalue weighted by Gasteiger charge is 2.43. The van der Waals surface area contributed by atoms with Crippen molar-refractivity contribution in [2.24, 2.45) is 5.73 Å². The highest BCUT2D eigenvalue weighted by molar-refractivity contribution is 9.11. The summed E-state index contributed by atoms with van der Waals surface area (Å²) in [5.74, 6) is -2.96. The van der Waals surface area contributed by atoms with E-state index in [4.69, 9.17) is 15.9 Å². The Kier molecular flexibility index (Phi) is 13.2. The zero-order valence-corrected chi connectivity index (χ0v) is 25.7. The summed E-state index contributed by atoms with van der Waals surface area (Å²) in [6.45, 7) is -4.17. The van der Waals surface area contributed by atoms with E-state index in [1.54, 1.807) is 0 Å². The molecule has 0 fully saturated rings. The maximum Gasteiger partial charge on any atom is 0.263 e. The third-order valence-electron chi connectivity index (χ3n) is 6.35. The SMILES string of the molecule is NCC(=O)N(CC(O)C(O)C(O)C(O)CO)c1c(Br)c2c(Br)c(c1Br)C(=O)N(CC(O)C(O)C(O)C(O)CO)C2=O. The molecule has 8 atom stereocenters. The van der Waals surface area contributed by atoms with Crippen LogP contribution in [0.1, 0.15) is 20.7 Å². The molecular weight excluding hydrogens is 754 g/mol. The number of aliphatic hydroxyl groups excluding tert-OH is 10. The maximum atomic E-state index is 13.4. The number of benzene rings is 1. The molecule has 1 aliphatic rings. The molecule has 19 heteroatoms. The van der Waals surface area contributed by atoms with Crippen molar-refractivity contribution in [2.45, 2.75) is 48.8 Å². The van der Waals surface area contributed by atoms with Gasteiger partial charge in [-0.05, 0) is 47.8 Å². The van der Waals surface area contributed by atoms with Crippen LogP contribution >= 0.6 is 47.8 Å². The third-order valence-corrected chi connectivity index (χ3v) is 8.68. The summed E-state index contributed by atoms with van der Waals surface area (Å²) in [6.07, 6.45) is -15.7. The van der Waals surface area contributed by atoms with Gasteiger partial charge in [0.1, 0.15) is 48.8 Å². The Hall–Kier alpha value is -1.17. The lowest BCUT2D eigenvalue weighted by Gasteiger charge is -2.36. The van der Waals surface area contributed by atoms with Crippen LogP contribution < -0.4 is 10.6 Å². The van der Waals surface area contributed by atoms with Crippen molar-refractivity contribution < 1.29 is 65.4 Å². The van der Waals surface area contributed by atoms with Gasteiger partial charge in [0.15, 0.2) is 0 Å². The lowest BCUT2D eigenvalue weighted by molar-refractivity contribution is -0.121. The number of halogens is 3. The van der Waals surface area contributed by atoms with Crippen LogP contribution in [0.2, 0.25) is 0 Å². The molecule has 232 valence electrons. The number of carbonyl (C=O) groups excluding carboxylic acids is 3. The van der Waals surface area contributed by atoms with Crippen molar-refractivity contribution in [2.75, 3.05) is 37.7 Å². The zero-order valence-electron chi connectivity index (χ0n) is 21.0. The fourth-order valence-electron chi connectivity index (χ4n) is 3.94. The topological polar surface area (TPSA) is 286 Å². The average molecular weight is 784 g/mol. The van der Waals surface area contributed by atoms with E-state index in [9.17, 15) is 55.2 Å². The Balaban J connectivity index is 2.53. The monoisotopic (exact) mass is 781 g/mol. The predicted octanol–water partition coefficient (Wildman–Crippen LogP) is -4.27. The number of hydrogen-bond acceptors (Lipinski definition) is 14. The molecule has 1 heterocycles. The summed E-state index contributed by atoms with van der Waals surface area (Å²) in [6, 6.07) is 0. The van der Waals surface area contributed by atoms with Gasteiger partial charge in [0.25, 0.3) is 11.8 Å². The summed E-state index contributed by atoms with van der Waals surface area (Å²) in [5.41, 5.74) is 4.81. The molecule has 2 rings (SSSR count). The molecule has 12 N–H and O–H groups in total. The normalized spacial score (nSPS) is 19.3. The molecule has 1 aromatic carbocycles. The van der Waals surface area contributed by atoms with E-state index in [1.807, 2.05) is 0 Å². The van der Waals surface area contributed by atoms with Crippen LogP contribution in [-0.2, 0) is 4.79 Å². The Bertz CT molecular complexity index is 1100. The first-order valence-electron chi connectivity index (χ1n) is 11.8. The van der Waals surface area contributed by atoms with Gasteiger partial charge in [-0.2, -0.15) is 0 Å². The van der Waals surface area contributed by atoms with Crippen molar-refractivity contribution in [1.82, 2.24) is 4.90 Å². The fourth-order valence-corrected chi connectivity index (χ4v) is 7.03. The molecule has 0 saturated carbocycles. The van der Waals surface area contributed by atoms with Gasteiger partial charge in [0.05, 0.1) is 58.6 Å². The summed E-state index contributed by atoms with van der Waals surface area (Å²) < 4.78 is -0.306.